The third kappa shape index (κ3) is 4.17. The van der Waals surface area contributed by atoms with Gasteiger partial charge in [-0.15, -0.1) is 0 Å². The lowest BCUT2D eigenvalue weighted by Gasteiger charge is -2.34. The molecule has 0 aromatic heterocycles. The molecule has 208 valence electrons. The zero-order valence-corrected chi connectivity index (χ0v) is 24.3. The number of benzene rings is 7. The van der Waals surface area contributed by atoms with Gasteiger partial charge in [-0.1, -0.05) is 164 Å². The average molecular weight is 562 g/mol. The van der Waals surface area contributed by atoms with Crippen molar-refractivity contribution in [3.63, 3.8) is 0 Å². The van der Waals surface area contributed by atoms with Crippen LogP contribution in [0.5, 0.6) is 0 Å². The molecular weight excluding hydrogens is 530 g/mol. The van der Waals surface area contributed by atoms with Gasteiger partial charge in [0.15, 0.2) is 0 Å². The largest absolute Gasteiger partial charge is 0.355 e. The fourth-order valence-corrected chi connectivity index (χ4v) is 7.09. The Morgan fingerprint density at radius 3 is 1.52 bits per heavy atom. The first-order valence-electron chi connectivity index (χ1n) is 15.2. The molecule has 0 amide bonds. The number of hydrogen-bond donors (Lipinski definition) is 1. The zero-order valence-electron chi connectivity index (χ0n) is 24.3. The first kappa shape index (κ1) is 26.0. The highest BCUT2D eigenvalue weighted by Crippen LogP contribution is 2.56. The molecular formula is C43H31N. The van der Waals surface area contributed by atoms with E-state index in [0.29, 0.717) is 0 Å². The van der Waals surface area contributed by atoms with Crippen LogP contribution in [-0.2, 0) is 5.41 Å². The summed E-state index contributed by atoms with van der Waals surface area (Å²) in [5, 5.41) is 3.85. The van der Waals surface area contributed by atoms with Crippen molar-refractivity contribution in [1.82, 2.24) is 0 Å². The lowest BCUT2D eigenvalue weighted by Crippen LogP contribution is -2.28. The van der Waals surface area contributed by atoms with E-state index < -0.39 is 5.41 Å². The summed E-state index contributed by atoms with van der Waals surface area (Å²) < 4.78 is 0. The van der Waals surface area contributed by atoms with Crippen LogP contribution in [0.2, 0.25) is 0 Å². The number of nitrogens with one attached hydrogen (secondary N) is 1. The normalized spacial score (nSPS) is 12.7. The number of anilines is 2. The Morgan fingerprint density at radius 2 is 0.841 bits per heavy atom. The maximum absolute atomic E-state index is 3.85. The lowest BCUT2D eigenvalue weighted by molar-refractivity contribution is 0.769. The molecule has 0 unspecified atom stereocenters. The second kappa shape index (κ2) is 10.9. The van der Waals surface area contributed by atoms with Crippen LogP contribution in [0.4, 0.5) is 11.4 Å². The van der Waals surface area contributed by atoms with Gasteiger partial charge in [0.05, 0.1) is 5.41 Å². The topological polar surface area (TPSA) is 12.0 Å². The second-order valence-electron chi connectivity index (χ2n) is 11.4. The predicted molar refractivity (Wildman–Crippen MR) is 184 cm³/mol. The number of rotatable bonds is 6. The summed E-state index contributed by atoms with van der Waals surface area (Å²) in [6, 6.07) is 65.6. The average Bonchev–Trinajstić information content (AvgIpc) is 3.40. The van der Waals surface area contributed by atoms with Crippen LogP contribution < -0.4 is 5.32 Å². The first-order valence-corrected chi connectivity index (χ1v) is 15.2. The standard InChI is InChI=1S/C43H31N/c1-4-16-31(17-5-1)35-22-10-11-23-36(35)39-25-13-15-27-42(39)44-34-28-29-38-37-24-12-14-26-40(37)43(41(38)30-34,32-18-6-2-7-19-32)33-20-8-3-9-21-33/h1-30,44H. The van der Waals surface area contributed by atoms with Crippen molar-refractivity contribution in [2.24, 2.45) is 0 Å². The molecule has 0 spiro atoms. The molecule has 0 fully saturated rings. The SMILES string of the molecule is c1ccc(-c2ccccc2-c2ccccc2Nc2ccc3c(c2)C(c2ccccc2)(c2ccccc2)c2ccccc2-3)cc1. The maximum Gasteiger partial charge on any atom is 0.0714 e. The highest BCUT2D eigenvalue weighted by molar-refractivity contribution is 5.92. The second-order valence-corrected chi connectivity index (χ2v) is 11.4. The summed E-state index contributed by atoms with van der Waals surface area (Å²) in [6.45, 7) is 0. The highest BCUT2D eigenvalue weighted by Gasteiger charge is 2.46. The third-order valence-electron chi connectivity index (χ3n) is 8.97. The van der Waals surface area contributed by atoms with Crippen LogP contribution in [-0.4, -0.2) is 0 Å². The van der Waals surface area contributed by atoms with Gasteiger partial charge >= 0.3 is 0 Å². The molecule has 7 aromatic carbocycles. The van der Waals surface area contributed by atoms with Gasteiger partial charge in [0.2, 0.25) is 0 Å². The molecule has 0 atom stereocenters. The minimum Gasteiger partial charge on any atom is -0.355 e. The molecule has 0 radical (unpaired) electrons. The van der Waals surface area contributed by atoms with Crippen LogP contribution in [0.15, 0.2) is 182 Å². The van der Waals surface area contributed by atoms with Crippen molar-refractivity contribution in [2.75, 3.05) is 5.32 Å². The Morgan fingerprint density at radius 1 is 0.341 bits per heavy atom. The third-order valence-corrected chi connectivity index (χ3v) is 8.97. The fourth-order valence-electron chi connectivity index (χ4n) is 7.09. The van der Waals surface area contributed by atoms with Gasteiger partial charge in [-0.05, 0) is 68.3 Å². The summed E-state index contributed by atoms with van der Waals surface area (Å²) in [5.41, 5.74) is 14.3. The zero-order chi connectivity index (χ0) is 29.3. The monoisotopic (exact) mass is 561 g/mol. The summed E-state index contributed by atoms with van der Waals surface area (Å²) >= 11 is 0. The van der Waals surface area contributed by atoms with E-state index in [1.54, 1.807) is 0 Å². The molecule has 0 heterocycles. The van der Waals surface area contributed by atoms with Crippen LogP contribution in [0.1, 0.15) is 22.3 Å². The van der Waals surface area contributed by atoms with E-state index >= 15 is 0 Å². The molecule has 0 saturated carbocycles. The van der Waals surface area contributed by atoms with Crippen molar-refractivity contribution in [2.45, 2.75) is 5.41 Å². The van der Waals surface area contributed by atoms with Crippen LogP contribution in [0.3, 0.4) is 0 Å². The summed E-state index contributed by atoms with van der Waals surface area (Å²) in [6.07, 6.45) is 0. The van der Waals surface area contributed by atoms with Gasteiger partial charge < -0.3 is 5.32 Å². The minimum atomic E-state index is -0.425. The molecule has 0 aliphatic heterocycles. The molecule has 1 heteroatoms. The van der Waals surface area contributed by atoms with Crippen molar-refractivity contribution >= 4 is 11.4 Å². The van der Waals surface area contributed by atoms with Crippen molar-refractivity contribution in [3.05, 3.63) is 204 Å². The fraction of sp³-hybridized carbons (Fsp3) is 0.0233. The number of fused-ring (bicyclic) bond motifs is 3. The van der Waals surface area contributed by atoms with Gasteiger partial charge in [0, 0.05) is 16.9 Å². The number of hydrogen-bond acceptors (Lipinski definition) is 1. The molecule has 1 N–H and O–H groups in total. The van der Waals surface area contributed by atoms with E-state index in [9.17, 15) is 0 Å². The quantitative estimate of drug-likeness (QED) is 0.213. The smallest absolute Gasteiger partial charge is 0.0714 e. The predicted octanol–water partition coefficient (Wildman–Crippen LogP) is 11.1. The minimum absolute atomic E-state index is 0.425. The Balaban J connectivity index is 1.30. The summed E-state index contributed by atoms with van der Waals surface area (Å²) in [4.78, 5) is 0. The van der Waals surface area contributed by atoms with Crippen molar-refractivity contribution in [3.8, 4) is 33.4 Å². The lowest BCUT2D eigenvalue weighted by atomic mass is 9.67. The van der Waals surface area contributed by atoms with Gasteiger partial charge in [0.25, 0.3) is 0 Å². The van der Waals surface area contributed by atoms with Gasteiger partial charge in [-0.3, -0.25) is 0 Å². The van der Waals surface area contributed by atoms with E-state index in [1.807, 2.05) is 0 Å². The molecule has 44 heavy (non-hydrogen) atoms. The molecule has 7 aromatic rings. The Bertz CT molecular complexity index is 2040. The van der Waals surface area contributed by atoms with Crippen LogP contribution >= 0.6 is 0 Å². The van der Waals surface area contributed by atoms with E-state index in [4.69, 9.17) is 0 Å². The maximum atomic E-state index is 3.85. The Kier molecular flexibility index (Phi) is 6.43. The summed E-state index contributed by atoms with van der Waals surface area (Å²) in [5.74, 6) is 0. The molecule has 1 nitrogen and oxygen atoms in total. The molecule has 1 aliphatic carbocycles. The molecule has 0 saturated heterocycles. The van der Waals surface area contributed by atoms with Gasteiger partial charge in [-0.2, -0.15) is 0 Å². The van der Waals surface area contributed by atoms with E-state index in [0.717, 1.165) is 11.4 Å². The molecule has 0 bridgehead atoms. The summed E-state index contributed by atoms with van der Waals surface area (Å²) in [7, 11) is 0. The number of para-hydroxylation sites is 1. The van der Waals surface area contributed by atoms with Crippen LogP contribution in [0, 0.1) is 0 Å². The van der Waals surface area contributed by atoms with Gasteiger partial charge in [0.1, 0.15) is 0 Å². The highest BCUT2D eigenvalue weighted by atomic mass is 14.9. The molecule has 1 aliphatic rings. The molecule has 8 rings (SSSR count). The van der Waals surface area contributed by atoms with E-state index in [2.05, 4.69) is 187 Å². The van der Waals surface area contributed by atoms with Crippen molar-refractivity contribution < 1.29 is 0 Å². The van der Waals surface area contributed by atoms with E-state index in [-0.39, 0.29) is 0 Å². The van der Waals surface area contributed by atoms with E-state index in [1.165, 1.54) is 55.6 Å². The van der Waals surface area contributed by atoms with Gasteiger partial charge in [-0.25, -0.2) is 0 Å². The van der Waals surface area contributed by atoms with Crippen molar-refractivity contribution in [1.29, 1.82) is 0 Å². The Labute approximate surface area is 259 Å². The van der Waals surface area contributed by atoms with Crippen LogP contribution in [0.25, 0.3) is 33.4 Å². The first-order chi connectivity index (χ1) is 21.8. The Hall–Kier alpha value is -5.66.